The summed E-state index contributed by atoms with van der Waals surface area (Å²) >= 11 is 6.74. The van der Waals surface area contributed by atoms with Gasteiger partial charge in [0.05, 0.1) is 9.75 Å². The van der Waals surface area contributed by atoms with Gasteiger partial charge in [-0.2, -0.15) is 0 Å². The van der Waals surface area contributed by atoms with Crippen LogP contribution in [0.5, 0.6) is 23.0 Å². The zero-order valence-corrected chi connectivity index (χ0v) is 13.0. The Labute approximate surface area is 126 Å². The number of ether oxygens (including phenoxy) is 4. The van der Waals surface area contributed by atoms with Gasteiger partial charge in [0, 0.05) is 5.38 Å². The lowest BCUT2D eigenvalue weighted by Gasteiger charge is -2.18. The maximum absolute atomic E-state index is 5.76. The molecular formula is C12H9BrO4S2. The molecule has 0 aromatic carbocycles. The van der Waals surface area contributed by atoms with E-state index < -0.39 is 0 Å². The van der Waals surface area contributed by atoms with E-state index >= 15 is 0 Å². The van der Waals surface area contributed by atoms with E-state index in [1.54, 1.807) is 22.7 Å². The van der Waals surface area contributed by atoms with Crippen LogP contribution in [-0.4, -0.2) is 26.4 Å². The molecule has 19 heavy (non-hydrogen) atoms. The van der Waals surface area contributed by atoms with Gasteiger partial charge in [-0.1, -0.05) is 0 Å². The van der Waals surface area contributed by atoms with Crippen molar-refractivity contribution in [3.8, 4) is 32.8 Å². The van der Waals surface area contributed by atoms with Crippen LogP contribution in [0.2, 0.25) is 0 Å². The zero-order chi connectivity index (χ0) is 12.8. The van der Waals surface area contributed by atoms with E-state index in [-0.39, 0.29) is 0 Å². The molecule has 0 atom stereocenters. The van der Waals surface area contributed by atoms with Crippen LogP contribution in [0.25, 0.3) is 9.75 Å². The molecule has 0 amide bonds. The molecule has 100 valence electrons. The predicted molar refractivity (Wildman–Crippen MR) is 77.3 cm³/mol. The van der Waals surface area contributed by atoms with E-state index in [1.165, 1.54) is 0 Å². The molecule has 0 bridgehead atoms. The van der Waals surface area contributed by atoms with Crippen molar-refractivity contribution in [1.29, 1.82) is 0 Å². The molecule has 2 aromatic rings. The summed E-state index contributed by atoms with van der Waals surface area (Å²) in [5.74, 6) is 3.25. The number of thiophene rings is 2. The van der Waals surface area contributed by atoms with Crippen molar-refractivity contribution in [2.45, 2.75) is 0 Å². The van der Waals surface area contributed by atoms with Crippen molar-refractivity contribution in [2.75, 3.05) is 26.4 Å². The summed E-state index contributed by atoms with van der Waals surface area (Å²) in [6.45, 7) is 2.36. The molecule has 2 aromatic heterocycles. The van der Waals surface area contributed by atoms with Crippen LogP contribution < -0.4 is 18.9 Å². The molecule has 0 saturated heterocycles. The minimum atomic E-state index is 0.577. The Kier molecular flexibility index (Phi) is 2.86. The van der Waals surface area contributed by atoms with Crippen LogP contribution in [0, 0.1) is 0 Å². The minimum absolute atomic E-state index is 0.577. The minimum Gasteiger partial charge on any atom is -0.485 e. The van der Waals surface area contributed by atoms with E-state index in [1.807, 2.05) is 5.38 Å². The third kappa shape index (κ3) is 1.83. The molecule has 4 nitrogen and oxygen atoms in total. The molecule has 0 unspecified atom stereocenters. The molecule has 0 N–H and O–H groups in total. The molecule has 0 spiro atoms. The molecule has 2 aliphatic heterocycles. The first-order chi connectivity index (χ1) is 9.34. The van der Waals surface area contributed by atoms with Crippen LogP contribution in [0.15, 0.2) is 9.17 Å². The van der Waals surface area contributed by atoms with E-state index in [4.69, 9.17) is 18.9 Å². The summed E-state index contributed by atoms with van der Waals surface area (Å²) < 4.78 is 23.7. The SMILES string of the molecule is Brc1sc(-c2scc3c2OCCO3)c2c1OCCO2. The Morgan fingerprint density at radius 1 is 0.842 bits per heavy atom. The van der Waals surface area contributed by atoms with Gasteiger partial charge < -0.3 is 18.9 Å². The lowest BCUT2D eigenvalue weighted by atomic mass is 10.3. The Morgan fingerprint density at radius 2 is 1.53 bits per heavy atom. The lowest BCUT2D eigenvalue weighted by Crippen LogP contribution is -2.15. The van der Waals surface area contributed by atoms with E-state index in [0.717, 1.165) is 36.5 Å². The van der Waals surface area contributed by atoms with Gasteiger partial charge in [-0.3, -0.25) is 0 Å². The zero-order valence-electron chi connectivity index (χ0n) is 9.73. The molecule has 7 heteroatoms. The van der Waals surface area contributed by atoms with Gasteiger partial charge in [-0.05, 0) is 15.9 Å². The number of hydrogen-bond donors (Lipinski definition) is 0. The molecular weight excluding hydrogens is 352 g/mol. The topological polar surface area (TPSA) is 36.9 Å². The molecule has 4 rings (SSSR count). The van der Waals surface area contributed by atoms with Gasteiger partial charge in [0.2, 0.25) is 0 Å². The summed E-state index contributed by atoms with van der Waals surface area (Å²) in [6.07, 6.45) is 0. The predicted octanol–water partition coefficient (Wildman–Crippen LogP) is 3.78. The number of halogens is 1. The standard InChI is InChI=1S/C12H9BrO4S2/c13-12-9-8(16-3-4-17-9)11(19-12)10-7-6(5-18-10)14-1-2-15-7/h5H,1-4H2. The van der Waals surface area contributed by atoms with Crippen LogP contribution in [0.1, 0.15) is 0 Å². The Morgan fingerprint density at radius 3 is 2.37 bits per heavy atom. The van der Waals surface area contributed by atoms with Gasteiger partial charge >= 0.3 is 0 Å². The normalized spacial score (nSPS) is 16.5. The largest absolute Gasteiger partial charge is 0.485 e. The molecule has 0 saturated carbocycles. The lowest BCUT2D eigenvalue weighted by molar-refractivity contribution is 0.171. The first kappa shape index (κ1) is 11.9. The van der Waals surface area contributed by atoms with Crippen LogP contribution in [-0.2, 0) is 0 Å². The highest BCUT2D eigenvalue weighted by Gasteiger charge is 2.29. The summed E-state index contributed by atoms with van der Waals surface area (Å²) in [7, 11) is 0. The van der Waals surface area contributed by atoms with E-state index in [2.05, 4.69) is 15.9 Å². The molecule has 0 radical (unpaired) electrons. The molecule has 0 aliphatic carbocycles. The highest BCUT2D eigenvalue weighted by Crippen LogP contribution is 2.57. The summed E-state index contributed by atoms with van der Waals surface area (Å²) in [6, 6.07) is 0. The summed E-state index contributed by atoms with van der Waals surface area (Å²) in [5.41, 5.74) is 0. The van der Waals surface area contributed by atoms with Crippen molar-refractivity contribution in [2.24, 2.45) is 0 Å². The molecule has 4 heterocycles. The number of hydrogen-bond acceptors (Lipinski definition) is 6. The van der Waals surface area contributed by atoms with Crippen LogP contribution >= 0.6 is 38.6 Å². The van der Waals surface area contributed by atoms with Gasteiger partial charge in [-0.15, -0.1) is 22.7 Å². The van der Waals surface area contributed by atoms with E-state index in [0.29, 0.717) is 26.4 Å². The molecule has 0 fully saturated rings. The van der Waals surface area contributed by atoms with Crippen molar-refractivity contribution >= 4 is 38.6 Å². The average molecular weight is 361 g/mol. The summed E-state index contributed by atoms with van der Waals surface area (Å²) in [4.78, 5) is 2.09. The summed E-state index contributed by atoms with van der Waals surface area (Å²) in [5, 5.41) is 1.98. The second-order valence-electron chi connectivity index (χ2n) is 4.02. The van der Waals surface area contributed by atoms with Gasteiger partial charge in [0.25, 0.3) is 0 Å². The van der Waals surface area contributed by atoms with Gasteiger partial charge in [0.15, 0.2) is 23.0 Å². The van der Waals surface area contributed by atoms with Crippen molar-refractivity contribution < 1.29 is 18.9 Å². The Bertz CT molecular complexity index is 634. The van der Waals surface area contributed by atoms with Crippen molar-refractivity contribution in [3.63, 3.8) is 0 Å². The fraction of sp³-hybridized carbons (Fsp3) is 0.333. The fourth-order valence-corrected chi connectivity index (χ4v) is 4.85. The van der Waals surface area contributed by atoms with Crippen molar-refractivity contribution in [1.82, 2.24) is 0 Å². The second-order valence-corrected chi connectivity index (χ2v) is 7.23. The van der Waals surface area contributed by atoms with Crippen LogP contribution in [0.3, 0.4) is 0 Å². The maximum atomic E-state index is 5.76. The fourth-order valence-electron chi connectivity index (χ4n) is 2.08. The third-order valence-corrected chi connectivity index (χ3v) is 5.76. The van der Waals surface area contributed by atoms with Gasteiger partial charge in [0.1, 0.15) is 30.2 Å². The van der Waals surface area contributed by atoms with Crippen LogP contribution in [0.4, 0.5) is 0 Å². The highest BCUT2D eigenvalue weighted by atomic mass is 79.9. The average Bonchev–Trinajstić information content (AvgIpc) is 3.01. The number of rotatable bonds is 1. The highest BCUT2D eigenvalue weighted by molar-refractivity contribution is 9.11. The monoisotopic (exact) mass is 360 g/mol. The van der Waals surface area contributed by atoms with Crippen molar-refractivity contribution in [3.05, 3.63) is 9.17 Å². The first-order valence-corrected chi connectivity index (χ1v) is 8.29. The van der Waals surface area contributed by atoms with Gasteiger partial charge in [-0.25, -0.2) is 0 Å². The third-order valence-electron chi connectivity index (χ3n) is 2.87. The molecule has 2 aliphatic rings. The quantitative estimate of drug-likeness (QED) is 0.775. The smallest absolute Gasteiger partial charge is 0.187 e. The number of fused-ring (bicyclic) bond motifs is 2. The second kappa shape index (κ2) is 4.57. The Balaban J connectivity index is 1.86. The maximum Gasteiger partial charge on any atom is 0.187 e. The Hall–Kier alpha value is -0.920. The van der Waals surface area contributed by atoms with E-state index in [9.17, 15) is 0 Å². The first-order valence-electron chi connectivity index (χ1n) is 5.80.